The molecule has 1 atom stereocenters. The molecule has 122 valence electrons. The summed E-state index contributed by atoms with van der Waals surface area (Å²) in [6.07, 6.45) is 3.35. The second kappa shape index (κ2) is 5.77. The second-order valence-corrected chi connectivity index (χ2v) is 6.57. The van der Waals surface area contributed by atoms with Crippen LogP contribution in [0, 0.1) is 11.6 Å². The summed E-state index contributed by atoms with van der Waals surface area (Å²) in [4.78, 5) is 3.65. The van der Waals surface area contributed by atoms with Crippen molar-refractivity contribution in [2.24, 2.45) is 12.8 Å². The van der Waals surface area contributed by atoms with E-state index < -0.39 is 17.0 Å². The van der Waals surface area contributed by atoms with E-state index in [4.69, 9.17) is 5.73 Å². The average Bonchev–Trinajstić information content (AvgIpc) is 3.02. The van der Waals surface area contributed by atoms with Gasteiger partial charge in [0.1, 0.15) is 28.5 Å². The first kappa shape index (κ1) is 15.7. The van der Waals surface area contributed by atoms with Crippen molar-refractivity contribution in [3.63, 3.8) is 0 Å². The van der Waals surface area contributed by atoms with Crippen LogP contribution in [0.4, 0.5) is 20.3 Å². The second-order valence-electron chi connectivity index (χ2n) is 5.42. The predicted molar refractivity (Wildman–Crippen MR) is 89.0 cm³/mol. The molecule has 0 spiro atoms. The van der Waals surface area contributed by atoms with Crippen molar-refractivity contribution >= 4 is 23.3 Å². The van der Waals surface area contributed by atoms with E-state index in [2.05, 4.69) is 5.10 Å². The Morgan fingerprint density at radius 3 is 2.52 bits per heavy atom. The van der Waals surface area contributed by atoms with Crippen molar-refractivity contribution in [1.29, 1.82) is 0 Å². The molecule has 0 saturated carbocycles. The molecule has 2 aromatic rings. The van der Waals surface area contributed by atoms with Crippen molar-refractivity contribution < 1.29 is 8.78 Å². The molecule has 0 radical (unpaired) electrons. The lowest BCUT2D eigenvalue weighted by atomic mass is 10.1. The normalized spacial score (nSPS) is 17.5. The van der Waals surface area contributed by atoms with Gasteiger partial charge in [0.25, 0.3) is 0 Å². The molecule has 2 N–H and O–H groups in total. The molecule has 8 heteroatoms. The summed E-state index contributed by atoms with van der Waals surface area (Å²) >= 11 is 1.21. The Hall–Kier alpha value is -2.22. The molecule has 23 heavy (non-hydrogen) atoms. The smallest absolute Gasteiger partial charge is 0.150 e. The topological polar surface area (TPSA) is 50.3 Å². The minimum absolute atomic E-state index is 0.0113. The van der Waals surface area contributed by atoms with Crippen molar-refractivity contribution in [3.05, 3.63) is 52.8 Å². The monoisotopic (exact) mass is 337 g/mol. The van der Waals surface area contributed by atoms with E-state index in [1.165, 1.54) is 30.0 Å². The lowest BCUT2D eigenvalue weighted by Crippen LogP contribution is -2.22. The van der Waals surface area contributed by atoms with Gasteiger partial charge in [-0.25, -0.2) is 8.78 Å². The zero-order valence-corrected chi connectivity index (χ0v) is 13.8. The Bertz CT molecular complexity index is 751. The summed E-state index contributed by atoms with van der Waals surface area (Å²) in [5.41, 5.74) is 6.64. The van der Waals surface area contributed by atoms with E-state index in [-0.39, 0.29) is 5.56 Å². The number of hydrogen-bond acceptors (Lipinski definition) is 5. The number of aromatic nitrogens is 2. The predicted octanol–water partition coefficient (Wildman–Crippen LogP) is 2.77. The first-order valence-corrected chi connectivity index (χ1v) is 7.83. The molecule has 1 aromatic carbocycles. The molecule has 0 aliphatic carbocycles. The Labute approximate surface area is 137 Å². The summed E-state index contributed by atoms with van der Waals surface area (Å²) in [5, 5.41) is 4.13. The number of nitrogens with zero attached hydrogens (tertiary/aromatic N) is 4. The zero-order valence-electron chi connectivity index (χ0n) is 13.0. The highest BCUT2D eigenvalue weighted by molar-refractivity contribution is 8.03. The summed E-state index contributed by atoms with van der Waals surface area (Å²) < 4.78 is 30.1. The van der Waals surface area contributed by atoms with Gasteiger partial charge in [0, 0.05) is 27.3 Å². The van der Waals surface area contributed by atoms with Gasteiger partial charge in [-0.3, -0.25) is 4.68 Å². The van der Waals surface area contributed by atoms with E-state index in [9.17, 15) is 8.78 Å². The average molecular weight is 337 g/mol. The number of benzene rings is 1. The minimum atomic E-state index is -0.612. The van der Waals surface area contributed by atoms with Crippen LogP contribution in [-0.2, 0) is 7.05 Å². The molecule has 0 amide bonds. The molecular formula is C15H17F2N5S. The summed E-state index contributed by atoms with van der Waals surface area (Å²) in [5.74, 6) is -0.366. The first-order valence-electron chi connectivity index (χ1n) is 6.95. The van der Waals surface area contributed by atoms with E-state index >= 15 is 0 Å². The van der Waals surface area contributed by atoms with Gasteiger partial charge in [-0.05, 0) is 12.1 Å². The van der Waals surface area contributed by atoms with Gasteiger partial charge in [0.05, 0.1) is 16.8 Å². The highest BCUT2D eigenvalue weighted by atomic mass is 32.2. The summed E-state index contributed by atoms with van der Waals surface area (Å²) in [6, 6.07) is 3.85. The SMILES string of the molecule is CN(C)c1c(N2C=C(N)SC2c2c(F)cccc2F)cnn1C. The Balaban J connectivity index is 2.11. The maximum Gasteiger partial charge on any atom is 0.150 e. The Kier molecular flexibility index (Phi) is 3.93. The quantitative estimate of drug-likeness (QED) is 0.933. The molecule has 3 rings (SSSR count). The van der Waals surface area contributed by atoms with E-state index in [0.717, 1.165) is 11.5 Å². The Morgan fingerprint density at radius 1 is 1.26 bits per heavy atom. The van der Waals surface area contributed by atoms with Gasteiger partial charge >= 0.3 is 0 Å². The van der Waals surface area contributed by atoms with Crippen molar-refractivity contribution in [2.45, 2.75) is 5.37 Å². The number of thioether (sulfide) groups is 1. The lowest BCUT2D eigenvalue weighted by molar-refractivity contribution is 0.554. The Morgan fingerprint density at radius 2 is 1.91 bits per heavy atom. The van der Waals surface area contributed by atoms with E-state index in [1.54, 1.807) is 22.0 Å². The third-order valence-electron chi connectivity index (χ3n) is 3.60. The molecule has 1 aliphatic heterocycles. The van der Waals surface area contributed by atoms with Crippen LogP contribution >= 0.6 is 11.8 Å². The molecule has 0 bridgehead atoms. The maximum absolute atomic E-state index is 14.2. The molecule has 1 aliphatic rings. The van der Waals surface area contributed by atoms with Gasteiger partial charge in [0.15, 0.2) is 0 Å². The van der Waals surface area contributed by atoms with Gasteiger partial charge in [-0.15, -0.1) is 0 Å². The van der Waals surface area contributed by atoms with E-state index in [0.29, 0.717) is 5.03 Å². The minimum Gasteiger partial charge on any atom is -0.392 e. The van der Waals surface area contributed by atoms with Crippen LogP contribution in [-0.4, -0.2) is 23.9 Å². The highest BCUT2D eigenvalue weighted by Gasteiger charge is 2.34. The van der Waals surface area contributed by atoms with Crippen LogP contribution < -0.4 is 15.5 Å². The molecular weight excluding hydrogens is 320 g/mol. The fourth-order valence-corrected chi connectivity index (χ4v) is 3.74. The molecule has 5 nitrogen and oxygen atoms in total. The van der Waals surface area contributed by atoms with Gasteiger partial charge in [-0.1, -0.05) is 17.8 Å². The number of hydrogen-bond donors (Lipinski definition) is 1. The van der Waals surface area contributed by atoms with Crippen LogP contribution in [0.3, 0.4) is 0 Å². The van der Waals surface area contributed by atoms with Crippen LogP contribution in [0.1, 0.15) is 10.9 Å². The number of anilines is 2. The standard InChI is InChI=1S/C15H17F2N5S/c1-20(2)14-11(7-19-21(14)3)22-8-12(18)23-15(22)13-9(16)5-4-6-10(13)17/h4-8,15H,18H2,1-3H3. The van der Waals surface area contributed by atoms with Gasteiger partial charge < -0.3 is 15.5 Å². The molecule has 0 fully saturated rings. The third kappa shape index (κ3) is 2.63. The van der Waals surface area contributed by atoms with Crippen LogP contribution in [0.15, 0.2) is 35.6 Å². The number of halogens is 2. The molecule has 2 heterocycles. The van der Waals surface area contributed by atoms with Crippen LogP contribution in [0.25, 0.3) is 0 Å². The van der Waals surface area contributed by atoms with Gasteiger partial charge in [-0.2, -0.15) is 5.10 Å². The van der Waals surface area contributed by atoms with Gasteiger partial charge in [0.2, 0.25) is 0 Å². The fraction of sp³-hybridized carbons (Fsp3) is 0.267. The summed E-state index contributed by atoms with van der Waals surface area (Å²) in [7, 11) is 5.58. The maximum atomic E-state index is 14.2. The van der Waals surface area contributed by atoms with Crippen molar-refractivity contribution in [3.8, 4) is 0 Å². The molecule has 0 saturated heterocycles. The van der Waals surface area contributed by atoms with Crippen molar-refractivity contribution in [1.82, 2.24) is 9.78 Å². The lowest BCUT2D eigenvalue weighted by Gasteiger charge is -2.27. The highest BCUT2D eigenvalue weighted by Crippen LogP contribution is 2.47. The zero-order chi connectivity index (χ0) is 16.7. The van der Waals surface area contributed by atoms with Crippen LogP contribution in [0.5, 0.6) is 0 Å². The van der Waals surface area contributed by atoms with E-state index in [1.807, 2.05) is 26.0 Å². The summed E-state index contributed by atoms with van der Waals surface area (Å²) in [6.45, 7) is 0. The largest absolute Gasteiger partial charge is 0.392 e. The number of rotatable bonds is 3. The molecule has 1 unspecified atom stereocenters. The van der Waals surface area contributed by atoms with Crippen LogP contribution in [0.2, 0.25) is 0 Å². The number of nitrogens with two attached hydrogens (primary N) is 1. The van der Waals surface area contributed by atoms with Crippen molar-refractivity contribution in [2.75, 3.05) is 23.9 Å². The number of aryl methyl sites for hydroxylation is 1. The third-order valence-corrected chi connectivity index (χ3v) is 4.67. The molecule has 1 aromatic heterocycles. The first-order chi connectivity index (χ1) is 10.9. The fourth-order valence-electron chi connectivity index (χ4n) is 2.68.